The fourth-order valence-electron chi connectivity index (χ4n) is 4.81. The molecule has 0 spiro atoms. The highest BCUT2D eigenvalue weighted by molar-refractivity contribution is 7.89. The molecule has 168 valence electrons. The van der Waals surface area contributed by atoms with Crippen LogP contribution in [0.4, 0.5) is 10.1 Å². The summed E-state index contributed by atoms with van der Waals surface area (Å²) in [4.78, 5) is 0.258. The first-order chi connectivity index (χ1) is 16.0. The van der Waals surface area contributed by atoms with Crippen molar-refractivity contribution in [1.29, 1.82) is 0 Å². The first-order valence-corrected chi connectivity index (χ1v) is 12.3. The van der Waals surface area contributed by atoms with Crippen molar-refractivity contribution in [2.45, 2.75) is 23.4 Å². The van der Waals surface area contributed by atoms with E-state index in [1.165, 1.54) is 12.1 Å². The molecule has 5 rings (SSSR count). The Bertz CT molecular complexity index is 1350. The van der Waals surface area contributed by atoms with Gasteiger partial charge in [-0.25, -0.2) is 12.8 Å². The highest BCUT2D eigenvalue weighted by Gasteiger charge is 2.48. The fraction of sp³-hybridized carbons (Fsp3) is 0.231. The van der Waals surface area contributed by atoms with Crippen molar-refractivity contribution in [3.63, 3.8) is 0 Å². The highest BCUT2D eigenvalue weighted by Crippen LogP contribution is 2.48. The van der Waals surface area contributed by atoms with E-state index in [2.05, 4.69) is 17.2 Å². The Balaban J connectivity index is 1.56. The maximum atomic E-state index is 13.5. The summed E-state index contributed by atoms with van der Waals surface area (Å²) < 4.78 is 42.0. The van der Waals surface area contributed by atoms with Crippen LogP contribution in [0.15, 0.2) is 77.7 Å². The minimum atomic E-state index is -3.71. The average molecular weight is 463 g/mol. The van der Waals surface area contributed by atoms with Gasteiger partial charge in [-0.3, -0.25) is 0 Å². The summed E-state index contributed by atoms with van der Waals surface area (Å²) in [7, 11) is -3.71. The van der Waals surface area contributed by atoms with E-state index in [-0.39, 0.29) is 29.3 Å². The van der Waals surface area contributed by atoms with Crippen LogP contribution < -0.4 is 5.32 Å². The van der Waals surface area contributed by atoms with Crippen LogP contribution in [0.3, 0.4) is 0 Å². The predicted octanol–water partition coefficient (Wildman–Crippen LogP) is 3.76. The molecule has 5 nitrogen and oxygen atoms in total. The molecule has 3 atom stereocenters. The van der Waals surface area contributed by atoms with Crippen LogP contribution in [0.1, 0.15) is 29.2 Å². The Morgan fingerprint density at radius 2 is 1.76 bits per heavy atom. The second-order valence-corrected chi connectivity index (χ2v) is 10.2. The Morgan fingerprint density at radius 3 is 2.48 bits per heavy atom. The third kappa shape index (κ3) is 4.02. The molecular formula is C26H23FN2O3S. The number of halogens is 1. The maximum absolute atomic E-state index is 13.5. The lowest BCUT2D eigenvalue weighted by atomic mass is 9.83. The van der Waals surface area contributed by atoms with Gasteiger partial charge in [-0.1, -0.05) is 36.1 Å². The van der Waals surface area contributed by atoms with Crippen LogP contribution in [-0.4, -0.2) is 37.0 Å². The molecule has 0 aliphatic carbocycles. The smallest absolute Gasteiger partial charge is 0.243 e. The third-order valence-corrected chi connectivity index (χ3v) is 8.24. The number of hydrogen-bond donors (Lipinski definition) is 2. The number of nitrogens with zero attached hydrogens (tertiary/aromatic N) is 1. The minimum Gasteiger partial charge on any atom is -0.394 e. The van der Waals surface area contributed by atoms with Crippen LogP contribution in [0.2, 0.25) is 0 Å². The Hall–Kier alpha value is -3.18. The van der Waals surface area contributed by atoms with E-state index < -0.39 is 16.1 Å². The molecule has 0 amide bonds. The minimum absolute atomic E-state index is 0.0626. The molecular weight excluding hydrogens is 439 g/mol. The molecule has 0 aromatic heterocycles. The lowest BCUT2D eigenvalue weighted by molar-refractivity contribution is 0.210. The summed E-state index contributed by atoms with van der Waals surface area (Å²) in [6.07, 6.45) is 0.646. The van der Waals surface area contributed by atoms with Crippen LogP contribution in [0.5, 0.6) is 0 Å². The van der Waals surface area contributed by atoms with Crippen molar-refractivity contribution in [3.8, 4) is 11.8 Å². The van der Waals surface area contributed by atoms with Gasteiger partial charge < -0.3 is 10.4 Å². The summed E-state index contributed by atoms with van der Waals surface area (Å²) >= 11 is 0. The number of fused-ring (bicyclic) bond motifs is 3. The molecule has 1 saturated heterocycles. The van der Waals surface area contributed by atoms with Crippen molar-refractivity contribution in [2.75, 3.05) is 18.5 Å². The third-order valence-electron chi connectivity index (χ3n) is 6.35. The molecule has 2 aliphatic rings. The summed E-state index contributed by atoms with van der Waals surface area (Å²) in [6, 6.07) is 19.5. The number of sulfonamides is 1. The van der Waals surface area contributed by atoms with Crippen LogP contribution in [-0.2, 0) is 10.0 Å². The normalized spacial score (nSPS) is 21.9. The van der Waals surface area contributed by atoms with Gasteiger partial charge in [0.1, 0.15) is 5.82 Å². The lowest BCUT2D eigenvalue weighted by Crippen LogP contribution is -2.42. The van der Waals surface area contributed by atoms with E-state index in [1.807, 2.05) is 18.2 Å². The zero-order valence-corrected chi connectivity index (χ0v) is 18.6. The fourth-order valence-corrected chi connectivity index (χ4v) is 6.49. The number of benzene rings is 3. The zero-order valence-electron chi connectivity index (χ0n) is 17.8. The van der Waals surface area contributed by atoms with E-state index >= 15 is 0 Å². The van der Waals surface area contributed by atoms with E-state index in [0.29, 0.717) is 24.1 Å². The number of nitrogens with one attached hydrogen (secondary N) is 1. The highest BCUT2D eigenvalue weighted by atomic mass is 32.2. The van der Waals surface area contributed by atoms with E-state index in [1.54, 1.807) is 46.8 Å². The van der Waals surface area contributed by atoms with E-state index in [4.69, 9.17) is 0 Å². The monoisotopic (exact) mass is 462 g/mol. The van der Waals surface area contributed by atoms with Crippen molar-refractivity contribution in [1.82, 2.24) is 4.31 Å². The zero-order chi connectivity index (χ0) is 23.0. The van der Waals surface area contributed by atoms with Gasteiger partial charge in [0.05, 0.1) is 23.6 Å². The largest absolute Gasteiger partial charge is 0.394 e. The molecule has 3 aromatic rings. The number of hydrogen-bond acceptors (Lipinski definition) is 4. The van der Waals surface area contributed by atoms with Gasteiger partial charge in [0, 0.05) is 29.3 Å². The number of rotatable bonds is 3. The van der Waals surface area contributed by atoms with Gasteiger partial charge in [0.2, 0.25) is 10.0 Å². The van der Waals surface area contributed by atoms with Crippen molar-refractivity contribution < 1.29 is 17.9 Å². The molecule has 0 radical (unpaired) electrons. The Kier molecular flexibility index (Phi) is 5.67. The number of anilines is 1. The summed E-state index contributed by atoms with van der Waals surface area (Å²) in [5.74, 6) is 5.63. The standard InChI is InChI=1S/C26H23FN2O3S/c27-20-6-4-5-18(15-20)9-10-19-11-12-24-23(16-19)26-22(25(17-30)28-24)13-14-29(26)33(31,32)21-7-2-1-3-8-21/h1-8,11-12,15-16,22,25-26,28,30H,13-14,17H2/t22-,25-,26-/m0/s1. The van der Waals surface area contributed by atoms with E-state index in [0.717, 1.165) is 11.3 Å². The van der Waals surface area contributed by atoms with Gasteiger partial charge >= 0.3 is 0 Å². The van der Waals surface area contributed by atoms with Crippen LogP contribution in [0.25, 0.3) is 0 Å². The molecule has 0 saturated carbocycles. The predicted molar refractivity (Wildman–Crippen MR) is 125 cm³/mol. The number of aliphatic hydroxyl groups excluding tert-OH is 1. The molecule has 0 bridgehead atoms. The first kappa shape index (κ1) is 21.7. The topological polar surface area (TPSA) is 69.6 Å². The second-order valence-electron chi connectivity index (χ2n) is 8.32. The van der Waals surface area contributed by atoms with Gasteiger partial charge in [-0.05, 0) is 60.5 Å². The molecule has 1 fully saturated rings. The van der Waals surface area contributed by atoms with Crippen molar-refractivity contribution >= 4 is 15.7 Å². The second kappa shape index (κ2) is 8.64. The molecule has 3 aromatic carbocycles. The molecule has 7 heteroatoms. The summed E-state index contributed by atoms with van der Waals surface area (Å²) in [5, 5.41) is 13.3. The van der Waals surface area contributed by atoms with Gasteiger partial charge in [-0.15, -0.1) is 0 Å². The Morgan fingerprint density at radius 1 is 1.00 bits per heavy atom. The lowest BCUT2D eigenvalue weighted by Gasteiger charge is -2.38. The van der Waals surface area contributed by atoms with Crippen LogP contribution >= 0.6 is 0 Å². The average Bonchev–Trinajstić information content (AvgIpc) is 3.29. The van der Waals surface area contributed by atoms with Gasteiger partial charge in [0.15, 0.2) is 0 Å². The molecule has 2 aliphatic heterocycles. The summed E-state index contributed by atoms with van der Waals surface area (Å²) in [5.41, 5.74) is 2.91. The quantitative estimate of drug-likeness (QED) is 0.582. The maximum Gasteiger partial charge on any atom is 0.243 e. The molecule has 2 N–H and O–H groups in total. The molecule has 2 heterocycles. The molecule has 33 heavy (non-hydrogen) atoms. The van der Waals surface area contributed by atoms with Gasteiger partial charge in [0.25, 0.3) is 0 Å². The SMILES string of the molecule is O=S(=O)(c1ccccc1)N1CC[C@H]2[C@H](CO)Nc3ccc(C#Cc4cccc(F)c4)cc3[C@H]21. The van der Waals surface area contributed by atoms with Crippen molar-refractivity contribution in [3.05, 3.63) is 95.3 Å². The van der Waals surface area contributed by atoms with Crippen LogP contribution in [0, 0.1) is 23.6 Å². The number of aliphatic hydroxyl groups is 1. The van der Waals surface area contributed by atoms with Gasteiger partial charge in [-0.2, -0.15) is 4.31 Å². The van der Waals surface area contributed by atoms with Crippen molar-refractivity contribution in [2.24, 2.45) is 5.92 Å². The summed E-state index contributed by atoms with van der Waals surface area (Å²) in [6.45, 7) is 0.296. The van der Waals surface area contributed by atoms with E-state index in [9.17, 15) is 17.9 Å². The first-order valence-electron chi connectivity index (χ1n) is 10.8. The Labute approximate surface area is 192 Å². The molecule has 0 unspecified atom stereocenters.